The maximum atomic E-state index is 13.2. The van der Waals surface area contributed by atoms with Crippen LogP contribution in [0, 0.1) is 0 Å². The molecule has 1 N–H and O–H groups in total. The second-order valence-corrected chi connectivity index (χ2v) is 9.10. The normalized spacial score (nSPS) is 14.8. The quantitative estimate of drug-likeness (QED) is 0.347. The van der Waals surface area contributed by atoms with Gasteiger partial charge in [-0.3, -0.25) is 9.88 Å². The number of thiazole rings is 1. The largest absolute Gasteiger partial charge is 0.416 e. The molecular formula is C25H23F3N4S. The first-order chi connectivity index (χ1) is 16.0. The Morgan fingerprint density at radius 1 is 0.939 bits per heavy atom. The molecule has 33 heavy (non-hydrogen) atoms. The van der Waals surface area contributed by atoms with Crippen molar-refractivity contribution in [1.29, 1.82) is 0 Å². The van der Waals surface area contributed by atoms with E-state index in [1.165, 1.54) is 25.0 Å². The Balaban J connectivity index is 1.36. The van der Waals surface area contributed by atoms with Crippen LogP contribution in [0.2, 0.25) is 0 Å². The number of nitrogens with one attached hydrogen (secondary N) is 1. The lowest BCUT2D eigenvalue weighted by molar-refractivity contribution is -0.137. The number of hydrogen-bond acceptors (Lipinski definition) is 5. The third-order valence-electron chi connectivity index (χ3n) is 5.84. The summed E-state index contributed by atoms with van der Waals surface area (Å²) >= 11 is 1.58. The first-order valence-corrected chi connectivity index (χ1v) is 11.8. The monoisotopic (exact) mass is 468 g/mol. The van der Waals surface area contributed by atoms with Gasteiger partial charge in [-0.1, -0.05) is 36.4 Å². The number of alkyl halides is 3. The number of benzene rings is 2. The van der Waals surface area contributed by atoms with E-state index >= 15 is 0 Å². The van der Waals surface area contributed by atoms with Crippen LogP contribution in [0.3, 0.4) is 0 Å². The van der Waals surface area contributed by atoms with Gasteiger partial charge in [0.1, 0.15) is 0 Å². The Morgan fingerprint density at radius 3 is 2.58 bits per heavy atom. The van der Waals surface area contributed by atoms with Crippen LogP contribution < -0.4 is 5.32 Å². The topological polar surface area (TPSA) is 41.1 Å². The Hall–Kier alpha value is -2.97. The highest BCUT2D eigenvalue weighted by molar-refractivity contribution is 7.13. The zero-order valence-corrected chi connectivity index (χ0v) is 18.7. The molecule has 170 valence electrons. The molecule has 0 unspecified atom stereocenters. The molecule has 5 rings (SSSR count). The molecule has 8 heteroatoms. The molecule has 4 aromatic rings. The summed E-state index contributed by atoms with van der Waals surface area (Å²) in [6, 6.07) is 14.9. The average Bonchev–Trinajstić information content (AvgIpc) is 3.49. The van der Waals surface area contributed by atoms with Crippen LogP contribution in [-0.2, 0) is 19.3 Å². The van der Waals surface area contributed by atoms with Crippen molar-refractivity contribution in [2.75, 3.05) is 18.4 Å². The molecule has 1 aliphatic rings. The summed E-state index contributed by atoms with van der Waals surface area (Å²) in [5.41, 5.74) is 3.08. The van der Waals surface area contributed by atoms with Gasteiger partial charge < -0.3 is 5.32 Å². The van der Waals surface area contributed by atoms with Crippen molar-refractivity contribution in [3.05, 3.63) is 76.9 Å². The van der Waals surface area contributed by atoms with Gasteiger partial charge in [-0.2, -0.15) is 13.2 Å². The van der Waals surface area contributed by atoms with Crippen LogP contribution in [0.5, 0.6) is 0 Å². The number of aromatic nitrogens is 2. The molecule has 0 aliphatic carbocycles. The van der Waals surface area contributed by atoms with Gasteiger partial charge in [0.05, 0.1) is 29.0 Å². The molecule has 1 aliphatic heterocycles. The zero-order valence-electron chi connectivity index (χ0n) is 17.9. The molecule has 0 amide bonds. The molecule has 3 heterocycles. The van der Waals surface area contributed by atoms with Crippen LogP contribution in [0.25, 0.3) is 22.0 Å². The van der Waals surface area contributed by atoms with E-state index in [0.717, 1.165) is 47.6 Å². The fourth-order valence-corrected chi connectivity index (χ4v) is 4.88. The number of nitrogens with zero attached hydrogens (tertiary/aromatic N) is 3. The summed E-state index contributed by atoms with van der Waals surface area (Å²) in [6.45, 7) is 3.64. The number of likely N-dealkylation sites (tertiary alicyclic amines) is 1. The zero-order chi connectivity index (χ0) is 22.8. The van der Waals surface area contributed by atoms with Gasteiger partial charge in [-0.15, -0.1) is 11.3 Å². The van der Waals surface area contributed by atoms with E-state index in [1.54, 1.807) is 17.4 Å². The average molecular weight is 469 g/mol. The molecule has 0 radical (unpaired) electrons. The van der Waals surface area contributed by atoms with Crippen molar-refractivity contribution in [2.24, 2.45) is 0 Å². The predicted octanol–water partition coefficient (Wildman–Crippen LogP) is 6.59. The molecule has 0 spiro atoms. The molecular weight excluding hydrogens is 445 g/mol. The molecule has 2 aromatic carbocycles. The third kappa shape index (κ3) is 5.02. The van der Waals surface area contributed by atoms with Crippen molar-refractivity contribution in [1.82, 2.24) is 14.9 Å². The highest BCUT2D eigenvalue weighted by Crippen LogP contribution is 2.34. The summed E-state index contributed by atoms with van der Waals surface area (Å²) in [7, 11) is 0. The maximum Gasteiger partial charge on any atom is 0.416 e. The minimum atomic E-state index is -4.38. The van der Waals surface area contributed by atoms with Gasteiger partial charge in [-0.05, 0) is 49.7 Å². The highest BCUT2D eigenvalue weighted by atomic mass is 32.1. The number of rotatable bonds is 6. The minimum absolute atomic E-state index is 0.490. The molecule has 0 atom stereocenters. The van der Waals surface area contributed by atoms with E-state index in [9.17, 15) is 13.2 Å². The maximum absolute atomic E-state index is 13.2. The Bertz CT molecular complexity index is 1260. The van der Waals surface area contributed by atoms with Crippen LogP contribution in [0.1, 0.15) is 29.8 Å². The van der Waals surface area contributed by atoms with E-state index in [4.69, 9.17) is 4.98 Å². The summed E-state index contributed by atoms with van der Waals surface area (Å²) in [5, 5.41) is 7.15. The van der Waals surface area contributed by atoms with Gasteiger partial charge in [0, 0.05) is 22.9 Å². The van der Waals surface area contributed by atoms with Crippen LogP contribution in [0.4, 0.5) is 18.3 Å². The van der Waals surface area contributed by atoms with Gasteiger partial charge in [0.25, 0.3) is 0 Å². The fourth-order valence-electron chi connectivity index (χ4n) is 4.18. The number of pyridine rings is 1. The van der Waals surface area contributed by atoms with Gasteiger partial charge in [0.15, 0.2) is 5.13 Å². The Morgan fingerprint density at radius 2 is 1.76 bits per heavy atom. The lowest BCUT2D eigenvalue weighted by Crippen LogP contribution is -2.18. The van der Waals surface area contributed by atoms with Crippen molar-refractivity contribution >= 4 is 27.4 Å². The smallest absolute Gasteiger partial charge is 0.356 e. The second kappa shape index (κ2) is 9.11. The number of anilines is 1. The number of hydrogen-bond donors (Lipinski definition) is 1. The van der Waals surface area contributed by atoms with E-state index in [0.29, 0.717) is 23.2 Å². The first kappa shape index (κ1) is 21.9. The second-order valence-electron chi connectivity index (χ2n) is 8.24. The van der Waals surface area contributed by atoms with E-state index in [-0.39, 0.29) is 0 Å². The van der Waals surface area contributed by atoms with Gasteiger partial charge in [0.2, 0.25) is 0 Å². The van der Waals surface area contributed by atoms with Gasteiger partial charge >= 0.3 is 6.18 Å². The first-order valence-electron chi connectivity index (χ1n) is 10.9. The van der Waals surface area contributed by atoms with E-state index in [2.05, 4.69) is 20.6 Å². The lowest BCUT2D eigenvalue weighted by Gasteiger charge is -2.12. The standard InChI is InChI=1S/C25H23F3N4S/c26-25(27,28)19-7-3-6-18(13-19)22-8-4-5-17-9-10-20(30-23(17)22)14-29-24-31-21(16-33-24)15-32-11-1-2-12-32/h3-10,13,16H,1-2,11-12,14-15H2,(H,29,31). The number of halogens is 3. The summed E-state index contributed by atoms with van der Waals surface area (Å²) in [5.74, 6) is 0. The molecule has 1 saturated heterocycles. The SMILES string of the molecule is FC(F)(F)c1cccc(-c2cccc3ccc(CNc4nc(CN5CCCC5)cs4)nc23)c1. The fraction of sp³-hybridized carbons (Fsp3) is 0.280. The van der Waals surface area contributed by atoms with E-state index < -0.39 is 11.7 Å². The lowest BCUT2D eigenvalue weighted by atomic mass is 9.99. The molecule has 4 nitrogen and oxygen atoms in total. The molecule has 0 saturated carbocycles. The van der Waals surface area contributed by atoms with Crippen LogP contribution >= 0.6 is 11.3 Å². The van der Waals surface area contributed by atoms with E-state index in [1.807, 2.05) is 30.3 Å². The molecule has 0 bridgehead atoms. The summed E-state index contributed by atoms with van der Waals surface area (Å²) < 4.78 is 39.6. The summed E-state index contributed by atoms with van der Waals surface area (Å²) in [6.07, 6.45) is -1.87. The number of fused-ring (bicyclic) bond motifs is 1. The van der Waals surface area contributed by atoms with Crippen molar-refractivity contribution in [3.8, 4) is 11.1 Å². The van der Waals surface area contributed by atoms with Crippen LogP contribution in [0.15, 0.2) is 60.0 Å². The molecule has 2 aromatic heterocycles. The van der Waals surface area contributed by atoms with Crippen molar-refractivity contribution < 1.29 is 13.2 Å². The third-order valence-corrected chi connectivity index (χ3v) is 6.68. The highest BCUT2D eigenvalue weighted by Gasteiger charge is 2.30. The Labute approximate surface area is 194 Å². The number of para-hydroxylation sites is 1. The van der Waals surface area contributed by atoms with Crippen molar-refractivity contribution in [3.63, 3.8) is 0 Å². The Kier molecular flexibility index (Phi) is 6.03. The van der Waals surface area contributed by atoms with Gasteiger partial charge in [-0.25, -0.2) is 4.98 Å². The summed E-state index contributed by atoms with van der Waals surface area (Å²) in [4.78, 5) is 11.9. The van der Waals surface area contributed by atoms with Crippen molar-refractivity contribution in [2.45, 2.75) is 32.1 Å². The predicted molar refractivity (Wildman–Crippen MR) is 126 cm³/mol. The minimum Gasteiger partial charge on any atom is -0.356 e. The molecule has 1 fully saturated rings. The van der Waals surface area contributed by atoms with Crippen LogP contribution in [-0.4, -0.2) is 28.0 Å².